The number of rotatable bonds is 4. The summed E-state index contributed by atoms with van der Waals surface area (Å²) in [7, 11) is 0. The molecule has 2 aromatic rings. The van der Waals surface area contributed by atoms with Gasteiger partial charge in [0, 0.05) is 5.41 Å². The third-order valence-corrected chi connectivity index (χ3v) is 4.79. The molecule has 0 atom stereocenters. The van der Waals surface area contributed by atoms with E-state index in [1.54, 1.807) is 0 Å². The zero-order valence-electron chi connectivity index (χ0n) is 13.5. The van der Waals surface area contributed by atoms with Crippen molar-refractivity contribution in [3.05, 3.63) is 70.3 Å². The van der Waals surface area contributed by atoms with Crippen LogP contribution >= 0.6 is 0 Å². The highest BCUT2D eigenvalue weighted by Gasteiger charge is 2.46. The van der Waals surface area contributed by atoms with Gasteiger partial charge in [0.05, 0.1) is 5.56 Å². The van der Waals surface area contributed by atoms with Gasteiger partial charge in [0.25, 0.3) is 0 Å². The van der Waals surface area contributed by atoms with Gasteiger partial charge < -0.3 is 4.74 Å². The maximum absolute atomic E-state index is 12.3. The molecule has 3 rings (SSSR count). The van der Waals surface area contributed by atoms with Crippen LogP contribution < -0.4 is 0 Å². The molecular weight excluding hydrogens is 272 g/mol. The highest BCUT2D eigenvalue weighted by Crippen LogP contribution is 2.49. The summed E-state index contributed by atoms with van der Waals surface area (Å²) in [5.74, 6) is -0.219. The van der Waals surface area contributed by atoms with E-state index in [-0.39, 0.29) is 11.4 Å². The monoisotopic (exact) mass is 294 g/mol. The van der Waals surface area contributed by atoms with Gasteiger partial charge in [-0.25, -0.2) is 4.79 Å². The van der Waals surface area contributed by atoms with Crippen LogP contribution in [0.2, 0.25) is 0 Å². The number of benzene rings is 2. The van der Waals surface area contributed by atoms with Gasteiger partial charge in [-0.3, -0.25) is 0 Å². The molecule has 114 valence electrons. The molecule has 0 radical (unpaired) electrons. The van der Waals surface area contributed by atoms with Crippen molar-refractivity contribution in [2.24, 2.45) is 0 Å². The fourth-order valence-electron chi connectivity index (χ4n) is 2.97. The van der Waals surface area contributed by atoms with Gasteiger partial charge >= 0.3 is 5.97 Å². The number of hydrogen-bond donors (Lipinski definition) is 0. The first-order chi connectivity index (χ1) is 10.5. The Labute approximate surface area is 132 Å². The van der Waals surface area contributed by atoms with Crippen molar-refractivity contribution in [2.75, 3.05) is 6.61 Å². The van der Waals surface area contributed by atoms with E-state index in [1.165, 1.54) is 16.7 Å². The molecule has 0 amide bonds. The molecule has 0 bridgehead atoms. The second-order valence-corrected chi connectivity index (χ2v) is 6.47. The van der Waals surface area contributed by atoms with Crippen LogP contribution in [0, 0.1) is 20.8 Å². The van der Waals surface area contributed by atoms with Crippen LogP contribution in [-0.2, 0) is 10.2 Å². The summed E-state index contributed by atoms with van der Waals surface area (Å²) in [5.41, 5.74) is 5.60. The van der Waals surface area contributed by atoms with Crippen molar-refractivity contribution in [1.29, 1.82) is 0 Å². The normalized spacial score (nSPS) is 15.4. The maximum Gasteiger partial charge on any atom is 0.338 e. The lowest BCUT2D eigenvalue weighted by Crippen LogP contribution is -2.20. The van der Waals surface area contributed by atoms with Crippen molar-refractivity contribution in [3.8, 4) is 0 Å². The van der Waals surface area contributed by atoms with E-state index in [4.69, 9.17) is 4.74 Å². The molecule has 1 fully saturated rings. The number of hydrogen-bond acceptors (Lipinski definition) is 2. The summed E-state index contributed by atoms with van der Waals surface area (Å²) in [6, 6.07) is 14.1. The van der Waals surface area contributed by atoms with Gasteiger partial charge in [-0.15, -0.1) is 0 Å². The fourth-order valence-corrected chi connectivity index (χ4v) is 2.97. The molecule has 0 aliphatic heterocycles. The van der Waals surface area contributed by atoms with Crippen molar-refractivity contribution in [3.63, 3.8) is 0 Å². The van der Waals surface area contributed by atoms with Crippen molar-refractivity contribution in [1.82, 2.24) is 0 Å². The van der Waals surface area contributed by atoms with Crippen LogP contribution in [-0.4, -0.2) is 12.6 Å². The highest BCUT2D eigenvalue weighted by molar-refractivity contribution is 5.89. The second-order valence-electron chi connectivity index (χ2n) is 6.47. The van der Waals surface area contributed by atoms with Gasteiger partial charge in [-0.05, 0) is 68.0 Å². The lowest BCUT2D eigenvalue weighted by Gasteiger charge is -2.18. The van der Waals surface area contributed by atoms with Gasteiger partial charge in [-0.2, -0.15) is 0 Å². The molecule has 1 aliphatic rings. The number of esters is 1. The Bertz CT molecular complexity index is 711. The van der Waals surface area contributed by atoms with E-state index in [2.05, 4.69) is 31.2 Å². The molecule has 1 aliphatic carbocycles. The quantitative estimate of drug-likeness (QED) is 0.776. The minimum absolute atomic E-state index is 0.0424. The van der Waals surface area contributed by atoms with Crippen LogP contribution in [0.4, 0.5) is 0 Å². The van der Waals surface area contributed by atoms with Gasteiger partial charge in [0.1, 0.15) is 6.61 Å². The molecule has 0 aromatic heterocycles. The first kappa shape index (κ1) is 14.8. The minimum Gasteiger partial charge on any atom is -0.461 e. The van der Waals surface area contributed by atoms with Gasteiger partial charge in [0.15, 0.2) is 0 Å². The topological polar surface area (TPSA) is 26.3 Å². The number of aryl methyl sites for hydroxylation is 3. The van der Waals surface area contributed by atoms with E-state index >= 15 is 0 Å². The lowest BCUT2D eigenvalue weighted by atomic mass is 9.93. The summed E-state index contributed by atoms with van der Waals surface area (Å²) in [6.45, 7) is 6.66. The minimum atomic E-state index is -0.219. The van der Waals surface area contributed by atoms with Gasteiger partial charge in [-0.1, -0.05) is 30.3 Å². The Kier molecular flexibility index (Phi) is 3.78. The number of carbonyl (C=O) groups excluding carboxylic acids is 1. The van der Waals surface area contributed by atoms with E-state index in [1.807, 2.05) is 32.0 Å². The standard InChI is InChI=1S/C20H22O2/c1-14-8-9-17(12-16(14)3)19(21)22-13-20(10-11-20)18-7-5-4-6-15(18)2/h4-9,12H,10-11,13H2,1-3H3. The largest absolute Gasteiger partial charge is 0.461 e. The summed E-state index contributed by atoms with van der Waals surface area (Å²) in [4.78, 5) is 12.3. The van der Waals surface area contributed by atoms with Crippen LogP contribution in [0.25, 0.3) is 0 Å². The van der Waals surface area contributed by atoms with E-state index in [0.717, 1.165) is 18.4 Å². The Balaban J connectivity index is 1.71. The molecule has 2 nitrogen and oxygen atoms in total. The summed E-state index contributed by atoms with van der Waals surface area (Å²) >= 11 is 0. The molecule has 2 aromatic carbocycles. The van der Waals surface area contributed by atoms with E-state index in [0.29, 0.717) is 12.2 Å². The highest BCUT2D eigenvalue weighted by atomic mass is 16.5. The lowest BCUT2D eigenvalue weighted by molar-refractivity contribution is 0.0465. The zero-order valence-corrected chi connectivity index (χ0v) is 13.5. The molecule has 0 unspecified atom stereocenters. The summed E-state index contributed by atoms with van der Waals surface area (Å²) in [5, 5.41) is 0. The molecule has 0 saturated heterocycles. The third-order valence-electron chi connectivity index (χ3n) is 4.79. The van der Waals surface area contributed by atoms with Crippen LogP contribution in [0.15, 0.2) is 42.5 Å². The molecular formula is C20H22O2. The molecule has 0 spiro atoms. The maximum atomic E-state index is 12.3. The molecule has 22 heavy (non-hydrogen) atoms. The fraction of sp³-hybridized carbons (Fsp3) is 0.350. The van der Waals surface area contributed by atoms with Crippen molar-refractivity contribution in [2.45, 2.75) is 39.0 Å². The third kappa shape index (κ3) is 2.78. The average molecular weight is 294 g/mol. The Morgan fingerprint density at radius 1 is 1.00 bits per heavy atom. The predicted octanol–water partition coefficient (Wildman–Crippen LogP) is 4.50. The van der Waals surface area contributed by atoms with Crippen molar-refractivity contribution < 1.29 is 9.53 Å². The summed E-state index contributed by atoms with van der Waals surface area (Å²) < 4.78 is 5.62. The van der Waals surface area contributed by atoms with E-state index < -0.39 is 0 Å². The first-order valence-electron chi connectivity index (χ1n) is 7.82. The second kappa shape index (κ2) is 5.60. The van der Waals surface area contributed by atoms with Crippen molar-refractivity contribution >= 4 is 5.97 Å². The first-order valence-corrected chi connectivity index (χ1v) is 7.82. The Hall–Kier alpha value is -2.09. The summed E-state index contributed by atoms with van der Waals surface area (Å²) in [6.07, 6.45) is 2.19. The molecule has 0 heterocycles. The zero-order chi connectivity index (χ0) is 15.7. The van der Waals surface area contributed by atoms with E-state index in [9.17, 15) is 4.79 Å². The molecule has 0 N–H and O–H groups in total. The Morgan fingerprint density at radius 2 is 1.73 bits per heavy atom. The predicted molar refractivity (Wildman–Crippen MR) is 88.3 cm³/mol. The van der Waals surface area contributed by atoms with Crippen LogP contribution in [0.1, 0.15) is 45.5 Å². The smallest absolute Gasteiger partial charge is 0.338 e. The van der Waals surface area contributed by atoms with Crippen LogP contribution in [0.5, 0.6) is 0 Å². The molecule has 2 heteroatoms. The Morgan fingerprint density at radius 3 is 2.36 bits per heavy atom. The van der Waals surface area contributed by atoms with Crippen LogP contribution in [0.3, 0.4) is 0 Å². The average Bonchev–Trinajstić information content (AvgIpc) is 3.29. The SMILES string of the molecule is Cc1ccc(C(=O)OCC2(c3ccccc3C)CC2)cc1C. The van der Waals surface area contributed by atoms with Gasteiger partial charge in [0.2, 0.25) is 0 Å². The number of ether oxygens (including phenoxy) is 1. The number of carbonyl (C=O) groups is 1. The molecule has 1 saturated carbocycles.